The maximum absolute atomic E-state index is 12.2. The number of aliphatic hydroxyl groups is 1. The van der Waals surface area contributed by atoms with Crippen molar-refractivity contribution in [2.24, 2.45) is 0 Å². The van der Waals surface area contributed by atoms with Crippen LogP contribution in [0.2, 0.25) is 0 Å². The second-order valence-corrected chi connectivity index (χ2v) is 10.5. The van der Waals surface area contributed by atoms with Crippen LogP contribution in [0, 0.1) is 0 Å². The van der Waals surface area contributed by atoms with Crippen LogP contribution in [0.5, 0.6) is 11.5 Å². The van der Waals surface area contributed by atoms with E-state index in [9.17, 15) is 10.2 Å². The van der Waals surface area contributed by atoms with Crippen LogP contribution in [0.3, 0.4) is 0 Å². The van der Waals surface area contributed by atoms with Crippen LogP contribution in [0.15, 0.2) is 12.1 Å². The highest BCUT2D eigenvalue weighted by Crippen LogP contribution is 2.59. The monoisotopic (exact) mass is 447 g/mol. The highest BCUT2D eigenvalue weighted by molar-refractivity contribution is 5.57. The van der Waals surface area contributed by atoms with Crippen LogP contribution >= 0.6 is 0 Å². The van der Waals surface area contributed by atoms with Gasteiger partial charge in [0.2, 0.25) is 0 Å². The summed E-state index contributed by atoms with van der Waals surface area (Å²) >= 11 is 0. The Morgan fingerprint density at radius 3 is 2.66 bits per heavy atom. The molecule has 1 aromatic carbocycles. The zero-order chi connectivity index (χ0) is 23.3. The largest absolute Gasteiger partial charge is 0.504 e. The van der Waals surface area contributed by atoms with Crippen LogP contribution in [0.25, 0.3) is 0 Å². The number of ether oxygens (including phenoxy) is 3. The lowest BCUT2D eigenvalue weighted by Crippen LogP contribution is -2.71. The summed E-state index contributed by atoms with van der Waals surface area (Å²) in [5.41, 5.74) is 0.127. The van der Waals surface area contributed by atoms with Crippen LogP contribution in [0.1, 0.15) is 77.3 Å². The fraction of sp³-hybridized carbons (Fsp3) is 0.769. The van der Waals surface area contributed by atoms with Gasteiger partial charge >= 0.3 is 0 Å². The van der Waals surface area contributed by atoms with Gasteiger partial charge in [0.1, 0.15) is 0 Å². The average Bonchev–Trinajstić information content (AvgIpc) is 2.72. The summed E-state index contributed by atoms with van der Waals surface area (Å²) in [6.07, 6.45) is 5.63. The number of methoxy groups -OCH3 is 1. The van der Waals surface area contributed by atoms with Gasteiger partial charge < -0.3 is 29.3 Å². The molecular formula is C26H41NO5. The quantitative estimate of drug-likeness (QED) is 0.683. The van der Waals surface area contributed by atoms with Crippen molar-refractivity contribution in [3.8, 4) is 11.5 Å². The van der Waals surface area contributed by atoms with Crippen LogP contribution < -0.4 is 4.74 Å². The number of hydrogen-bond donors (Lipinski definition) is 2. The molecule has 180 valence electrons. The van der Waals surface area contributed by atoms with Crippen molar-refractivity contribution in [3.63, 3.8) is 0 Å². The van der Waals surface area contributed by atoms with Gasteiger partial charge in [0.25, 0.3) is 0 Å². The first-order chi connectivity index (χ1) is 15.1. The number of likely N-dealkylation sites (tertiary alicyclic amines) is 1. The number of phenols is 1. The van der Waals surface area contributed by atoms with Gasteiger partial charge in [-0.3, -0.25) is 0 Å². The minimum atomic E-state index is -1.06. The van der Waals surface area contributed by atoms with E-state index in [0.29, 0.717) is 25.0 Å². The van der Waals surface area contributed by atoms with Gasteiger partial charge in [-0.25, -0.2) is 0 Å². The number of nitrogens with zero attached hydrogens (tertiary/aromatic N) is 1. The summed E-state index contributed by atoms with van der Waals surface area (Å²) in [7, 11) is 3.66. The van der Waals surface area contributed by atoms with E-state index in [1.54, 1.807) is 7.11 Å². The Balaban J connectivity index is 1.90. The Labute approximate surface area is 192 Å². The summed E-state index contributed by atoms with van der Waals surface area (Å²) in [5, 5.41) is 23.6. The fourth-order valence-corrected chi connectivity index (χ4v) is 6.85. The molecule has 4 rings (SSSR count). The third-order valence-corrected chi connectivity index (χ3v) is 8.43. The second kappa shape index (κ2) is 8.46. The molecule has 6 atom stereocenters. The fourth-order valence-electron chi connectivity index (χ4n) is 6.85. The summed E-state index contributed by atoms with van der Waals surface area (Å²) in [6.45, 7) is 9.21. The van der Waals surface area contributed by atoms with Crippen molar-refractivity contribution < 1.29 is 24.4 Å². The van der Waals surface area contributed by atoms with Gasteiger partial charge in [0.15, 0.2) is 17.3 Å². The van der Waals surface area contributed by atoms with E-state index < -0.39 is 16.8 Å². The first-order valence-electron chi connectivity index (χ1n) is 12.3. The highest BCUT2D eigenvalue weighted by atomic mass is 16.7. The van der Waals surface area contributed by atoms with E-state index >= 15 is 0 Å². The summed E-state index contributed by atoms with van der Waals surface area (Å²) in [5.74, 6) is -0.191. The molecule has 2 aliphatic heterocycles. The van der Waals surface area contributed by atoms with Gasteiger partial charge in [0.05, 0.1) is 24.9 Å². The van der Waals surface area contributed by atoms with Gasteiger partial charge in [-0.15, -0.1) is 0 Å². The number of piperidine rings is 1. The number of phenolic OH excluding ortho intramolecular Hbond substituents is 1. The van der Waals surface area contributed by atoms with E-state index in [1.165, 1.54) is 0 Å². The molecule has 2 bridgehead atoms. The molecule has 2 saturated heterocycles. The topological polar surface area (TPSA) is 71.4 Å². The van der Waals surface area contributed by atoms with E-state index in [0.717, 1.165) is 43.4 Å². The molecule has 2 fully saturated rings. The van der Waals surface area contributed by atoms with Gasteiger partial charge in [-0.1, -0.05) is 26.3 Å². The Morgan fingerprint density at radius 1 is 1.25 bits per heavy atom. The molecule has 0 spiro atoms. The van der Waals surface area contributed by atoms with Crippen molar-refractivity contribution in [1.82, 2.24) is 4.90 Å². The first kappa shape index (κ1) is 23.8. The summed E-state index contributed by atoms with van der Waals surface area (Å²) in [6, 6.07) is 3.84. The molecule has 0 amide bonds. The number of hydrogen-bond acceptors (Lipinski definition) is 6. The second-order valence-electron chi connectivity index (χ2n) is 10.5. The van der Waals surface area contributed by atoms with Crippen LogP contribution in [-0.2, 0) is 21.3 Å². The summed E-state index contributed by atoms with van der Waals surface area (Å²) in [4.78, 5) is 2.26. The smallest absolute Gasteiger partial charge is 0.169 e. The number of fused-ring (bicyclic) bond motifs is 4. The molecule has 6 nitrogen and oxygen atoms in total. The van der Waals surface area contributed by atoms with E-state index in [-0.39, 0.29) is 24.0 Å². The van der Waals surface area contributed by atoms with Crippen molar-refractivity contribution in [1.29, 1.82) is 0 Å². The Morgan fingerprint density at radius 2 is 2.00 bits per heavy atom. The van der Waals surface area contributed by atoms with Gasteiger partial charge in [0, 0.05) is 29.9 Å². The lowest BCUT2D eigenvalue weighted by Gasteiger charge is -2.62. The zero-order valence-electron chi connectivity index (χ0n) is 20.6. The first-order valence-corrected chi connectivity index (χ1v) is 12.3. The highest BCUT2D eigenvalue weighted by Gasteiger charge is 2.64. The predicted molar refractivity (Wildman–Crippen MR) is 124 cm³/mol. The van der Waals surface area contributed by atoms with Crippen molar-refractivity contribution in [2.45, 2.75) is 108 Å². The molecule has 1 aliphatic carbocycles. The Hall–Kier alpha value is -1.34. The maximum Gasteiger partial charge on any atom is 0.169 e. The van der Waals surface area contributed by atoms with E-state index in [4.69, 9.17) is 14.2 Å². The van der Waals surface area contributed by atoms with E-state index in [2.05, 4.69) is 38.8 Å². The molecule has 32 heavy (non-hydrogen) atoms. The molecule has 2 heterocycles. The molecular weight excluding hydrogens is 406 g/mol. The Kier molecular flexibility index (Phi) is 6.29. The number of aromatic hydroxyl groups is 1. The summed E-state index contributed by atoms with van der Waals surface area (Å²) < 4.78 is 18.8. The molecule has 6 heteroatoms. The zero-order valence-corrected chi connectivity index (χ0v) is 20.6. The lowest BCUT2D eigenvalue weighted by atomic mass is 9.52. The number of benzene rings is 1. The average molecular weight is 448 g/mol. The third-order valence-electron chi connectivity index (χ3n) is 8.43. The van der Waals surface area contributed by atoms with Crippen LogP contribution in [0.4, 0.5) is 0 Å². The van der Waals surface area contributed by atoms with Crippen molar-refractivity contribution in [2.75, 3.05) is 20.7 Å². The standard InChI is InChI=1S/C26H41NO5/c1-7-11-26(31-17(3)14-19(8-2)32-26)16-25-12-13-27(5)21(24(25,4)29)15-18-9-10-20(30-6)23(28)22(18)25/h9-10,17,19,21,28-29H,7-8,11-16H2,1-6H3/t17?,19?,21-,24?,25-,26-/m1/s1. The van der Waals surface area contributed by atoms with Gasteiger partial charge in [-0.2, -0.15) is 0 Å². The van der Waals surface area contributed by atoms with Crippen LogP contribution in [-0.4, -0.2) is 65.5 Å². The predicted octanol–water partition coefficient (Wildman–Crippen LogP) is 4.14. The van der Waals surface area contributed by atoms with Crippen molar-refractivity contribution >= 4 is 0 Å². The molecule has 1 aromatic rings. The molecule has 0 radical (unpaired) electrons. The number of rotatable bonds is 6. The molecule has 0 saturated carbocycles. The minimum Gasteiger partial charge on any atom is -0.504 e. The molecule has 2 N–H and O–H groups in total. The molecule has 3 unspecified atom stereocenters. The molecule has 0 aromatic heterocycles. The van der Waals surface area contributed by atoms with Gasteiger partial charge in [-0.05, 0) is 64.8 Å². The Bertz CT molecular complexity index is 842. The van der Waals surface area contributed by atoms with Crippen molar-refractivity contribution in [3.05, 3.63) is 23.3 Å². The maximum atomic E-state index is 12.2. The third kappa shape index (κ3) is 3.54. The normalized spacial score (nSPS) is 39.5. The van der Waals surface area contributed by atoms with E-state index in [1.807, 2.05) is 13.0 Å². The minimum absolute atomic E-state index is 0.0433. The molecule has 3 aliphatic rings. The lowest BCUT2D eigenvalue weighted by molar-refractivity contribution is -0.334. The SMILES string of the molecule is CCC[C@@]1(C[C@]23CCN(C)[C@H](Cc4ccc(OC)c(O)c42)C3(C)O)OC(C)CC(CC)O1. The number of likely N-dealkylation sites (N-methyl/N-ethyl adjacent to an activating group) is 1.